The minimum absolute atomic E-state index is 0.0355. The second kappa shape index (κ2) is 22.5. The van der Waals surface area contributed by atoms with E-state index in [1.165, 1.54) is 153 Å². The van der Waals surface area contributed by atoms with Crippen LogP contribution in [0.15, 0.2) is 350 Å². The lowest BCUT2D eigenvalue weighted by molar-refractivity contribution is 0.669. The van der Waals surface area contributed by atoms with Crippen LogP contribution in [-0.4, -0.2) is 0 Å². The molecule has 0 aliphatic heterocycles. The second-order valence-corrected chi connectivity index (χ2v) is 29.0. The van der Waals surface area contributed by atoms with E-state index in [0.717, 1.165) is 50.6 Å². The monoisotopic (exact) mass is 1290 g/mol. The van der Waals surface area contributed by atoms with E-state index in [0.29, 0.717) is 11.8 Å². The highest BCUT2D eigenvalue weighted by Gasteiger charge is 2.44. The van der Waals surface area contributed by atoms with Gasteiger partial charge in [-0.3, -0.25) is 0 Å². The summed E-state index contributed by atoms with van der Waals surface area (Å²) in [4.78, 5) is 0. The molecule has 0 radical (unpaired) electrons. The number of fused-ring (bicyclic) bond motifs is 15. The zero-order valence-electron chi connectivity index (χ0n) is 56.1. The van der Waals surface area contributed by atoms with E-state index in [9.17, 15) is 0 Å². The maximum Gasteiger partial charge on any atom is 0.136 e. The Hall–Kier alpha value is -12.4. The number of hydrogen-bond donors (Lipinski definition) is 0. The lowest BCUT2D eigenvalue weighted by Gasteiger charge is -2.33. The molecule has 6 aliphatic carbocycles. The molecule has 16 aromatic rings. The van der Waals surface area contributed by atoms with Crippen molar-refractivity contribution in [2.75, 3.05) is 0 Å². The van der Waals surface area contributed by atoms with Crippen molar-refractivity contribution in [2.45, 2.75) is 41.9 Å². The SMILES string of the molecule is C1=c2ccccc2=CC2c3cc(-c4ccc(-c5cc(-c6ccc7c(c6)=C(c6ccccc6)C6c8cccc9cccc(c89)C6C=7/C=C/C(=C\Cc6ccccc6)C6=c7ccccc7=C(c7ccccc7)C7c8cccc9cccc(c89)C67)cc6oc7ccccc7c56)cc4)cc4cccc(c34)C12. The van der Waals surface area contributed by atoms with Crippen LogP contribution >= 0.6 is 0 Å². The molecule has 6 aliphatic rings. The molecule has 1 heterocycles. The van der Waals surface area contributed by atoms with Gasteiger partial charge in [0.2, 0.25) is 0 Å². The fraction of sp³-hybridized carbons (Fsp3) is 0.0693. The molecule has 102 heavy (non-hydrogen) atoms. The Bertz CT molecular complexity index is 6770. The first kappa shape index (κ1) is 57.5. The predicted molar refractivity (Wildman–Crippen MR) is 424 cm³/mol. The molecule has 0 bridgehead atoms. The molecule has 22 rings (SSSR count). The summed E-state index contributed by atoms with van der Waals surface area (Å²) in [5.41, 5.74) is 27.8. The van der Waals surface area contributed by atoms with Crippen LogP contribution in [0.5, 0.6) is 0 Å². The Balaban J connectivity index is 0.753. The Morgan fingerprint density at radius 2 is 0.843 bits per heavy atom. The van der Waals surface area contributed by atoms with Gasteiger partial charge in [0.05, 0.1) is 0 Å². The average molecular weight is 1300 g/mol. The fourth-order valence-corrected chi connectivity index (χ4v) is 19.7. The molecular weight excluding hydrogens is 1230 g/mol. The van der Waals surface area contributed by atoms with Crippen LogP contribution in [0.4, 0.5) is 0 Å². The standard InChI is InChI=1S/C101H66O/c1-4-21-60(22-5-1)43-44-67(95-76-35-13-12-34-75(76)94(65-23-6-2-7-24-65)100-82-40-18-31-64-32-19-41-83(92(64)82)101(95)100)49-52-78-74-51-50-70(56-87(74)96(66-25-8-3-9-26-66)99-81-39-17-30-63-29-16-38-80(91(63)81)98(78)99)73-57-84(97-79-36-14-15-42-89(79)102-90(97)59-73)62-47-45-61(46-48-62)72-53-71-33-20-37-77-85-54-68-27-10-11-28-69(68)55-86(85)88(58-72)93(71)77/h1-42,44-59,85-86,98-101H,43H2/b52-49+,67-44+. The smallest absolute Gasteiger partial charge is 0.136 e. The van der Waals surface area contributed by atoms with Crippen molar-refractivity contribution in [3.8, 4) is 33.4 Å². The van der Waals surface area contributed by atoms with E-state index in [1.54, 1.807) is 0 Å². The molecule has 1 aromatic heterocycles. The van der Waals surface area contributed by atoms with Crippen molar-refractivity contribution in [1.29, 1.82) is 0 Å². The highest BCUT2D eigenvalue weighted by Crippen LogP contribution is 2.59. The maximum absolute atomic E-state index is 6.98. The van der Waals surface area contributed by atoms with Crippen molar-refractivity contribution in [3.05, 3.63) is 427 Å². The van der Waals surface area contributed by atoms with Gasteiger partial charge in [-0.25, -0.2) is 0 Å². The second-order valence-electron chi connectivity index (χ2n) is 29.0. The first-order valence-electron chi connectivity index (χ1n) is 36.3. The number of furan rings is 1. The molecule has 0 amide bonds. The highest BCUT2D eigenvalue weighted by atomic mass is 16.3. The topological polar surface area (TPSA) is 13.1 Å². The summed E-state index contributed by atoms with van der Waals surface area (Å²) in [5.74, 6) is 0.880. The van der Waals surface area contributed by atoms with Crippen molar-refractivity contribution in [1.82, 2.24) is 0 Å². The lowest BCUT2D eigenvalue weighted by atomic mass is 9.69. The third kappa shape index (κ3) is 8.64. The summed E-state index contributed by atoms with van der Waals surface area (Å²) in [6.07, 6.45) is 13.5. The molecule has 6 unspecified atom stereocenters. The van der Waals surface area contributed by atoms with Crippen LogP contribution in [0.25, 0.3) is 122 Å². The Morgan fingerprint density at radius 3 is 1.54 bits per heavy atom. The summed E-state index contributed by atoms with van der Waals surface area (Å²) in [6, 6.07) is 122. The first-order valence-corrected chi connectivity index (χ1v) is 36.3. The van der Waals surface area contributed by atoms with Crippen LogP contribution in [0.1, 0.15) is 85.6 Å². The van der Waals surface area contributed by atoms with Crippen LogP contribution in [0.2, 0.25) is 0 Å². The molecular formula is C101H66O. The van der Waals surface area contributed by atoms with Gasteiger partial charge in [-0.05, 0) is 218 Å². The van der Waals surface area contributed by atoms with E-state index in [-0.39, 0.29) is 23.7 Å². The normalized spacial score (nSPS) is 18.7. The van der Waals surface area contributed by atoms with Gasteiger partial charge in [-0.15, -0.1) is 0 Å². The van der Waals surface area contributed by atoms with E-state index in [4.69, 9.17) is 4.42 Å². The van der Waals surface area contributed by atoms with Crippen molar-refractivity contribution >= 4 is 88.7 Å². The molecule has 476 valence electrons. The summed E-state index contributed by atoms with van der Waals surface area (Å²) < 4.78 is 6.98. The molecule has 15 aromatic carbocycles. The Labute approximate surface area is 591 Å². The maximum atomic E-state index is 6.98. The fourth-order valence-electron chi connectivity index (χ4n) is 19.7. The van der Waals surface area contributed by atoms with Crippen molar-refractivity contribution in [2.24, 2.45) is 0 Å². The van der Waals surface area contributed by atoms with Gasteiger partial charge in [0, 0.05) is 46.3 Å². The van der Waals surface area contributed by atoms with Gasteiger partial charge >= 0.3 is 0 Å². The Kier molecular flexibility index (Phi) is 12.7. The molecule has 0 spiro atoms. The van der Waals surface area contributed by atoms with Crippen molar-refractivity contribution < 1.29 is 4.42 Å². The minimum atomic E-state index is 0.0355. The quantitative estimate of drug-likeness (QED) is 0.124. The number of rotatable bonds is 10. The lowest BCUT2D eigenvalue weighted by Crippen LogP contribution is -2.38. The molecule has 1 heteroatoms. The van der Waals surface area contributed by atoms with Gasteiger partial charge in [0.15, 0.2) is 0 Å². The molecule has 0 fully saturated rings. The zero-order valence-corrected chi connectivity index (χ0v) is 56.1. The van der Waals surface area contributed by atoms with Gasteiger partial charge in [-0.1, -0.05) is 315 Å². The number of allylic oxidation sites excluding steroid dienone is 4. The van der Waals surface area contributed by atoms with Gasteiger partial charge < -0.3 is 4.42 Å². The summed E-state index contributed by atoms with van der Waals surface area (Å²) in [5, 5.41) is 18.1. The van der Waals surface area contributed by atoms with Crippen LogP contribution < -0.4 is 31.3 Å². The third-order valence-electron chi connectivity index (χ3n) is 23.9. The number of para-hydroxylation sites is 1. The van der Waals surface area contributed by atoms with Gasteiger partial charge in [-0.2, -0.15) is 0 Å². The molecule has 1 nitrogen and oxygen atoms in total. The number of benzene rings is 15. The Morgan fingerprint density at radius 1 is 0.314 bits per heavy atom. The van der Waals surface area contributed by atoms with E-state index in [2.05, 4.69) is 352 Å². The first-order chi connectivity index (χ1) is 50.6. The third-order valence-corrected chi connectivity index (χ3v) is 23.9. The molecule has 0 N–H and O–H groups in total. The highest BCUT2D eigenvalue weighted by molar-refractivity contribution is 6.14. The minimum Gasteiger partial charge on any atom is -0.456 e. The molecule has 6 atom stereocenters. The summed E-state index contributed by atoms with van der Waals surface area (Å²) in [6.45, 7) is 0. The van der Waals surface area contributed by atoms with Crippen LogP contribution in [0.3, 0.4) is 0 Å². The largest absolute Gasteiger partial charge is 0.456 e. The van der Waals surface area contributed by atoms with Gasteiger partial charge in [0.25, 0.3) is 0 Å². The van der Waals surface area contributed by atoms with E-state index in [1.807, 2.05) is 0 Å². The van der Waals surface area contributed by atoms with Crippen LogP contribution in [0, 0.1) is 0 Å². The van der Waals surface area contributed by atoms with Crippen LogP contribution in [-0.2, 0) is 6.42 Å². The van der Waals surface area contributed by atoms with E-state index >= 15 is 0 Å². The zero-order chi connectivity index (χ0) is 66.7. The van der Waals surface area contributed by atoms with Crippen molar-refractivity contribution in [3.63, 3.8) is 0 Å². The number of hydrogen-bond acceptors (Lipinski definition) is 1. The summed E-state index contributed by atoms with van der Waals surface area (Å²) >= 11 is 0. The van der Waals surface area contributed by atoms with Gasteiger partial charge in [0.1, 0.15) is 11.2 Å². The summed E-state index contributed by atoms with van der Waals surface area (Å²) in [7, 11) is 0. The molecule has 0 saturated carbocycles. The molecule has 0 saturated heterocycles. The predicted octanol–water partition coefficient (Wildman–Crippen LogP) is 20.4. The average Bonchev–Trinajstić information content (AvgIpc) is 1.53. The van der Waals surface area contributed by atoms with E-state index < -0.39 is 0 Å².